The number of imidazole rings is 1. The van der Waals surface area contributed by atoms with Gasteiger partial charge in [0.25, 0.3) is 5.56 Å². The molecule has 0 spiro atoms. The van der Waals surface area contributed by atoms with Crippen LogP contribution in [0, 0.1) is 11.8 Å². The van der Waals surface area contributed by atoms with E-state index in [0.29, 0.717) is 0 Å². The van der Waals surface area contributed by atoms with E-state index in [1.54, 1.807) is 11.7 Å². The highest BCUT2D eigenvalue weighted by Gasteiger charge is 2.48. The normalized spacial score (nSPS) is 28.1. The van der Waals surface area contributed by atoms with E-state index in [2.05, 4.69) is 15.0 Å². The molecule has 0 amide bonds. The number of methoxy groups -OCH3 is 1. The Morgan fingerprint density at radius 1 is 1.52 bits per heavy atom. The molecule has 2 aromatic heterocycles. The Morgan fingerprint density at radius 3 is 2.81 bits per heavy atom. The minimum atomic E-state index is -3.65. The first-order valence-electron chi connectivity index (χ1n) is 8.47. The molecule has 4 N–H and O–H groups in total. The number of aromatic nitrogens is 4. The first kappa shape index (κ1) is 20.0. The number of nitrogens with one attached hydrogen (secondary N) is 1. The lowest BCUT2D eigenvalue weighted by Gasteiger charge is -2.26. The van der Waals surface area contributed by atoms with Crippen molar-refractivity contribution in [1.82, 2.24) is 19.5 Å². The van der Waals surface area contributed by atoms with Crippen molar-refractivity contribution in [2.75, 3.05) is 26.1 Å². The maximum absolute atomic E-state index is 12.0. The molecule has 3 rings (SSSR count). The fraction of sp³-hybridized carbons (Fsp3) is 0.667. The Balaban J connectivity index is 2.00. The lowest BCUT2D eigenvalue weighted by atomic mass is 9.87. The van der Waals surface area contributed by atoms with E-state index in [1.165, 1.54) is 6.33 Å². The topological polar surface area (TPSA) is 155 Å². The van der Waals surface area contributed by atoms with Gasteiger partial charge in [-0.3, -0.25) is 18.9 Å². The van der Waals surface area contributed by atoms with E-state index in [4.69, 9.17) is 19.7 Å². The van der Waals surface area contributed by atoms with E-state index in [9.17, 15) is 14.3 Å². The van der Waals surface area contributed by atoms with Crippen LogP contribution in [-0.4, -0.2) is 57.0 Å². The second-order valence-corrected chi connectivity index (χ2v) is 8.82. The van der Waals surface area contributed by atoms with Crippen molar-refractivity contribution in [1.29, 1.82) is 0 Å². The average Bonchev–Trinajstić information content (AvgIpc) is 3.12. The van der Waals surface area contributed by atoms with Gasteiger partial charge in [0, 0.05) is 19.7 Å². The van der Waals surface area contributed by atoms with Gasteiger partial charge >= 0.3 is 7.60 Å². The zero-order valence-corrected chi connectivity index (χ0v) is 16.4. The maximum atomic E-state index is 12.0. The molecule has 150 valence electrons. The molecule has 1 aliphatic rings. The molecule has 12 heteroatoms. The molecule has 2 unspecified atom stereocenters. The van der Waals surface area contributed by atoms with Gasteiger partial charge in [-0.05, 0) is 5.92 Å². The number of nitrogens with two attached hydrogens (primary N) is 1. The third kappa shape index (κ3) is 3.92. The zero-order valence-electron chi connectivity index (χ0n) is 15.5. The van der Waals surface area contributed by atoms with Gasteiger partial charge in [-0.2, -0.15) is 4.98 Å². The SMILES string of the molecule is CO[C@H]1C(C(C)C)[C@@H](COP(C)(=O)O)O[C@H]1n1cnc2c(=O)[nH]c(N)nc21. The molecular weight excluding hydrogens is 377 g/mol. The van der Waals surface area contributed by atoms with Crippen LogP contribution in [0.4, 0.5) is 5.95 Å². The number of nitrogen functional groups attached to an aromatic ring is 1. The van der Waals surface area contributed by atoms with E-state index in [0.717, 1.165) is 6.66 Å². The Hall–Kier alpha value is -1.78. The van der Waals surface area contributed by atoms with E-state index in [1.807, 2.05) is 13.8 Å². The Morgan fingerprint density at radius 2 is 2.22 bits per heavy atom. The van der Waals surface area contributed by atoms with Crippen LogP contribution in [0.1, 0.15) is 20.1 Å². The van der Waals surface area contributed by atoms with Gasteiger partial charge in [0.15, 0.2) is 17.4 Å². The molecule has 5 atom stereocenters. The molecule has 1 saturated heterocycles. The molecule has 1 fully saturated rings. The van der Waals surface area contributed by atoms with E-state index in [-0.39, 0.29) is 35.6 Å². The molecule has 0 saturated carbocycles. The van der Waals surface area contributed by atoms with Crippen molar-refractivity contribution < 1.29 is 23.5 Å². The van der Waals surface area contributed by atoms with Crippen LogP contribution in [0.3, 0.4) is 0 Å². The maximum Gasteiger partial charge on any atom is 0.325 e. The average molecular weight is 401 g/mol. The summed E-state index contributed by atoms with van der Waals surface area (Å²) >= 11 is 0. The molecule has 3 heterocycles. The highest BCUT2D eigenvalue weighted by Crippen LogP contribution is 2.44. The number of ether oxygens (including phenoxy) is 2. The third-order valence-electron chi connectivity index (χ3n) is 4.65. The van der Waals surface area contributed by atoms with Crippen LogP contribution in [-0.2, 0) is 18.6 Å². The van der Waals surface area contributed by atoms with Gasteiger partial charge in [-0.15, -0.1) is 0 Å². The van der Waals surface area contributed by atoms with E-state index < -0.39 is 31.6 Å². The highest BCUT2D eigenvalue weighted by molar-refractivity contribution is 7.51. The zero-order chi connectivity index (χ0) is 19.9. The van der Waals surface area contributed by atoms with Crippen LogP contribution >= 0.6 is 7.60 Å². The summed E-state index contributed by atoms with van der Waals surface area (Å²) in [4.78, 5) is 32.1. The first-order chi connectivity index (χ1) is 12.6. The molecule has 1 aliphatic heterocycles. The van der Waals surface area contributed by atoms with Gasteiger partial charge in [0.2, 0.25) is 5.95 Å². The van der Waals surface area contributed by atoms with Gasteiger partial charge in [-0.1, -0.05) is 13.8 Å². The first-order valence-corrected chi connectivity index (χ1v) is 10.5. The second-order valence-electron chi connectivity index (χ2n) is 6.96. The lowest BCUT2D eigenvalue weighted by Crippen LogP contribution is -2.34. The van der Waals surface area contributed by atoms with Crippen LogP contribution in [0.25, 0.3) is 11.2 Å². The van der Waals surface area contributed by atoms with Gasteiger partial charge in [0.1, 0.15) is 6.10 Å². The third-order valence-corrected chi connectivity index (χ3v) is 5.28. The number of hydrogen-bond acceptors (Lipinski definition) is 8. The van der Waals surface area contributed by atoms with Crippen molar-refractivity contribution in [3.63, 3.8) is 0 Å². The van der Waals surface area contributed by atoms with Crippen LogP contribution in [0.15, 0.2) is 11.1 Å². The molecule has 0 aliphatic carbocycles. The molecular formula is C15H24N5O6P. The number of H-pyrrole nitrogens is 1. The number of hydrogen-bond donors (Lipinski definition) is 3. The fourth-order valence-electron chi connectivity index (χ4n) is 3.55. The molecule has 0 bridgehead atoms. The lowest BCUT2D eigenvalue weighted by molar-refractivity contribution is -0.0565. The molecule has 11 nitrogen and oxygen atoms in total. The largest absolute Gasteiger partial charge is 0.376 e. The molecule has 27 heavy (non-hydrogen) atoms. The number of nitrogens with zero attached hydrogens (tertiary/aromatic N) is 3. The summed E-state index contributed by atoms with van der Waals surface area (Å²) in [6.07, 6.45) is -0.101. The number of aromatic amines is 1. The monoisotopic (exact) mass is 401 g/mol. The second kappa shape index (κ2) is 7.33. The minimum absolute atomic E-state index is 0.0336. The predicted molar refractivity (Wildman–Crippen MR) is 97.3 cm³/mol. The summed E-state index contributed by atoms with van der Waals surface area (Å²) in [5, 5.41) is 0. The van der Waals surface area contributed by atoms with Crippen molar-refractivity contribution in [3.8, 4) is 0 Å². The van der Waals surface area contributed by atoms with Crippen LogP contribution in [0.2, 0.25) is 0 Å². The van der Waals surface area contributed by atoms with Gasteiger partial charge in [0.05, 0.1) is 19.0 Å². The quantitative estimate of drug-likeness (QED) is 0.594. The summed E-state index contributed by atoms with van der Waals surface area (Å²) in [6, 6.07) is 0. The van der Waals surface area contributed by atoms with Gasteiger partial charge < -0.3 is 24.6 Å². The molecule has 2 aromatic rings. The van der Waals surface area contributed by atoms with Crippen molar-refractivity contribution >= 4 is 24.7 Å². The van der Waals surface area contributed by atoms with Crippen molar-refractivity contribution in [3.05, 3.63) is 16.7 Å². The molecule has 0 radical (unpaired) electrons. The summed E-state index contributed by atoms with van der Waals surface area (Å²) < 4.78 is 30.0. The predicted octanol–water partition coefficient (Wildman–Crippen LogP) is 0.718. The van der Waals surface area contributed by atoms with E-state index >= 15 is 0 Å². The minimum Gasteiger partial charge on any atom is -0.376 e. The Kier molecular flexibility index (Phi) is 5.42. The smallest absolute Gasteiger partial charge is 0.325 e. The van der Waals surface area contributed by atoms with Crippen LogP contribution < -0.4 is 11.3 Å². The summed E-state index contributed by atoms with van der Waals surface area (Å²) in [6.45, 7) is 5.08. The van der Waals surface area contributed by atoms with Gasteiger partial charge in [-0.25, -0.2) is 4.98 Å². The van der Waals surface area contributed by atoms with Crippen LogP contribution in [0.5, 0.6) is 0 Å². The van der Waals surface area contributed by atoms with Crippen molar-refractivity contribution in [2.24, 2.45) is 11.8 Å². The number of rotatable bonds is 6. The summed E-state index contributed by atoms with van der Waals surface area (Å²) in [5.41, 5.74) is 5.62. The fourth-order valence-corrected chi connectivity index (χ4v) is 3.97. The Bertz CT molecular complexity index is 921. The number of fused-ring (bicyclic) bond motifs is 1. The van der Waals surface area contributed by atoms with Crippen molar-refractivity contribution in [2.45, 2.75) is 32.3 Å². The summed E-state index contributed by atoms with van der Waals surface area (Å²) in [7, 11) is -2.09. The standard InChI is InChI=1S/C15H24N5O6P/c1-7(2)9-8(5-25-27(4,22)23)26-14(11(9)24-3)20-6-17-10-12(20)18-15(16)19-13(10)21/h6-9,11,14H,5H2,1-4H3,(H,22,23)(H3,16,18,19,21)/t8-,9?,11+,14-/m1/s1. The highest BCUT2D eigenvalue weighted by atomic mass is 31.2. The molecule has 0 aromatic carbocycles. The Labute approximate surface area is 155 Å². The number of anilines is 1. The summed E-state index contributed by atoms with van der Waals surface area (Å²) in [5.74, 6) is -0.0169.